The van der Waals surface area contributed by atoms with E-state index in [9.17, 15) is 4.79 Å². The molecule has 0 bridgehead atoms. The van der Waals surface area contributed by atoms with Crippen molar-refractivity contribution in [3.8, 4) is 0 Å². The first-order valence-electron chi connectivity index (χ1n) is 7.05. The molecule has 3 heteroatoms. The van der Waals surface area contributed by atoms with Crippen LogP contribution < -0.4 is 10.6 Å². The van der Waals surface area contributed by atoms with Crippen LogP contribution in [0.4, 0.5) is 5.69 Å². The lowest BCUT2D eigenvalue weighted by Crippen LogP contribution is -2.36. The summed E-state index contributed by atoms with van der Waals surface area (Å²) in [6.07, 6.45) is 1.05. The largest absolute Gasteiger partial charge is 0.384 e. The number of hydrogen-bond donors (Lipinski definition) is 2. The Hall–Kier alpha value is -1.51. The maximum Gasteiger partial charge on any atom is 0.251 e. The number of amides is 1. The summed E-state index contributed by atoms with van der Waals surface area (Å²) < 4.78 is 0. The first-order chi connectivity index (χ1) is 8.90. The molecule has 1 amide bonds. The molecule has 0 unspecified atom stereocenters. The van der Waals surface area contributed by atoms with Crippen LogP contribution in [0.5, 0.6) is 0 Å². The van der Waals surface area contributed by atoms with Gasteiger partial charge < -0.3 is 10.6 Å². The smallest absolute Gasteiger partial charge is 0.251 e. The van der Waals surface area contributed by atoms with E-state index in [1.165, 1.54) is 5.56 Å². The fourth-order valence-electron chi connectivity index (χ4n) is 2.05. The number of benzene rings is 1. The molecule has 0 aromatic heterocycles. The second kappa shape index (κ2) is 5.24. The summed E-state index contributed by atoms with van der Waals surface area (Å²) in [6.45, 7) is 10.4. The average Bonchev–Trinajstić information content (AvgIpc) is 2.82. The molecule has 3 nitrogen and oxygen atoms in total. The predicted molar refractivity (Wildman–Crippen MR) is 79.6 cm³/mol. The number of anilines is 1. The van der Waals surface area contributed by atoms with Crippen molar-refractivity contribution in [1.29, 1.82) is 0 Å². The van der Waals surface area contributed by atoms with E-state index >= 15 is 0 Å². The summed E-state index contributed by atoms with van der Waals surface area (Å²) in [5.41, 5.74) is 3.27. The van der Waals surface area contributed by atoms with Gasteiger partial charge in [-0.15, -0.1) is 0 Å². The van der Waals surface area contributed by atoms with Gasteiger partial charge in [0.1, 0.15) is 0 Å². The highest BCUT2D eigenvalue weighted by molar-refractivity contribution is 5.95. The fraction of sp³-hybridized carbons (Fsp3) is 0.562. The van der Waals surface area contributed by atoms with Gasteiger partial charge in [-0.3, -0.25) is 4.79 Å². The second-order valence-electron chi connectivity index (χ2n) is 6.37. The molecule has 104 valence electrons. The van der Waals surface area contributed by atoms with E-state index in [0.29, 0.717) is 12.5 Å². The summed E-state index contributed by atoms with van der Waals surface area (Å²) in [6, 6.07) is 5.93. The summed E-state index contributed by atoms with van der Waals surface area (Å²) in [5.74, 6) is 0.555. The van der Waals surface area contributed by atoms with E-state index in [1.54, 1.807) is 0 Å². The Labute approximate surface area is 115 Å². The molecule has 2 N–H and O–H groups in total. The number of fused-ring (bicyclic) bond motifs is 1. The molecule has 1 aliphatic heterocycles. The van der Waals surface area contributed by atoms with Crippen molar-refractivity contribution >= 4 is 11.6 Å². The van der Waals surface area contributed by atoms with Gasteiger partial charge in [-0.2, -0.15) is 0 Å². The zero-order valence-electron chi connectivity index (χ0n) is 12.3. The van der Waals surface area contributed by atoms with E-state index in [-0.39, 0.29) is 11.3 Å². The SMILES string of the molecule is CC(C)C(C)(C)CNC(=O)c1ccc2c(c1)NCC2. The van der Waals surface area contributed by atoms with Crippen LogP contribution in [0.1, 0.15) is 43.6 Å². The number of rotatable bonds is 4. The Morgan fingerprint density at radius 3 is 2.84 bits per heavy atom. The Morgan fingerprint density at radius 2 is 2.16 bits per heavy atom. The van der Waals surface area contributed by atoms with Crippen LogP contribution in [-0.4, -0.2) is 19.0 Å². The van der Waals surface area contributed by atoms with Crippen LogP contribution in [0.15, 0.2) is 18.2 Å². The molecule has 0 aliphatic carbocycles. The van der Waals surface area contributed by atoms with Crippen molar-refractivity contribution in [3.05, 3.63) is 29.3 Å². The third kappa shape index (κ3) is 3.09. The van der Waals surface area contributed by atoms with Gasteiger partial charge in [0, 0.05) is 24.3 Å². The second-order valence-corrected chi connectivity index (χ2v) is 6.37. The Kier molecular flexibility index (Phi) is 3.83. The predicted octanol–water partition coefficient (Wildman–Crippen LogP) is 3.07. The molecule has 1 aliphatic rings. The highest BCUT2D eigenvalue weighted by Crippen LogP contribution is 2.26. The summed E-state index contributed by atoms with van der Waals surface area (Å²) in [7, 11) is 0. The molecule has 1 heterocycles. The van der Waals surface area contributed by atoms with Crippen LogP contribution in [-0.2, 0) is 6.42 Å². The van der Waals surface area contributed by atoms with Gasteiger partial charge in [-0.05, 0) is 35.4 Å². The summed E-state index contributed by atoms with van der Waals surface area (Å²) in [5, 5.41) is 6.35. The molecule has 19 heavy (non-hydrogen) atoms. The molecule has 2 rings (SSSR count). The zero-order valence-corrected chi connectivity index (χ0v) is 12.3. The van der Waals surface area contributed by atoms with Crippen molar-refractivity contribution in [2.75, 3.05) is 18.4 Å². The van der Waals surface area contributed by atoms with Gasteiger partial charge in [0.2, 0.25) is 0 Å². The van der Waals surface area contributed by atoms with Gasteiger partial charge in [-0.25, -0.2) is 0 Å². The number of nitrogens with one attached hydrogen (secondary N) is 2. The third-order valence-electron chi connectivity index (χ3n) is 4.35. The normalized spacial score (nSPS) is 14.2. The number of carbonyl (C=O) groups is 1. The fourth-order valence-corrected chi connectivity index (χ4v) is 2.05. The van der Waals surface area contributed by atoms with Crippen molar-refractivity contribution in [2.24, 2.45) is 11.3 Å². The number of hydrogen-bond acceptors (Lipinski definition) is 2. The van der Waals surface area contributed by atoms with Crippen LogP contribution in [0.3, 0.4) is 0 Å². The summed E-state index contributed by atoms with van der Waals surface area (Å²) >= 11 is 0. The van der Waals surface area contributed by atoms with E-state index in [0.717, 1.165) is 24.2 Å². The molecule has 0 radical (unpaired) electrons. The van der Waals surface area contributed by atoms with Crippen LogP contribution in [0.25, 0.3) is 0 Å². The van der Waals surface area contributed by atoms with E-state index in [2.05, 4.69) is 44.4 Å². The monoisotopic (exact) mass is 260 g/mol. The molecule has 0 fully saturated rings. The van der Waals surface area contributed by atoms with Crippen LogP contribution >= 0.6 is 0 Å². The molecule has 0 atom stereocenters. The molecule has 0 saturated heterocycles. The Bertz CT molecular complexity index is 478. The van der Waals surface area contributed by atoms with Gasteiger partial charge in [-0.1, -0.05) is 33.8 Å². The van der Waals surface area contributed by atoms with Crippen molar-refractivity contribution in [2.45, 2.75) is 34.1 Å². The minimum atomic E-state index is 0.0187. The zero-order chi connectivity index (χ0) is 14.0. The standard InChI is InChI=1S/C16H24N2O/c1-11(2)16(3,4)10-18-15(19)13-6-5-12-7-8-17-14(12)9-13/h5-6,9,11,17H,7-8,10H2,1-4H3,(H,18,19). The van der Waals surface area contributed by atoms with Gasteiger partial charge in [0.25, 0.3) is 5.91 Å². The number of carbonyl (C=O) groups excluding carboxylic acids is 1. The van der Waals surface area contributed by atoms with Crippen molar-refractivity contribution in [3.63, 3.8) is 0 Å². The molecule has 1 aromatic carbocycles. The highest BCUT2D eigenvalue weighted by Gasteiger charge is 2.23. The van der Waals surface area contributed by atoms with E-state index in [4.69, 9.17) is 0 Å². The maximum absolute atomic E-state index is 12.2. The van der Waals surface area contributed by atoms with Gasteiger partial charge >= 0.3 is 0 Å². The molecular weight excluding hydrogens is 236 g/mol. The minimum absolute atomic E-state index is 0.0187. The summed E-state index contributed by atoms with van der Waals surface area (Å²) in [4.78, 5) is 12.2. The Morgan fingerprint density at radius 1 is 1.42 bits per heavy atom. The lowest BCUT2D eigenvalue weighted by molar-refractivity contribution is 0.0925. The molecule has 1 aromatic rings. The van der Waals surface area contributed by atoms with Crippen LogP contribution in [0.2, 0.25) is 0 Å². The molecule has 0 spiro atoms. The van der Waals surface area contributed by atoms with Crippen molar-refractivity contribution < 1.29 is 4.79 Å². The third-order valence-corrected chi connectivity index (χ3v) is 4.35. The maximum atomic E-state index is 12.2. The van der Waals surface area contributed by atoms with E-state index < -0.39 is 0 Å². The molecular formula is C16H24N2O. The Balaban J connectivity index is 2.01. The lowest BCUT2D eigenvalue weighted by Gasteiger charge is -2.29. The topological polar surface area (TPSA) is 41.1 Å². The highest BCUT2D eigenvalue weighted by atomic mass is 16.1. The first-order valence-corrected chi connectivity index (χ1v) is 7.05. The average molecular weight is 260 g/mol. The minimum Gasteiger partial charge on any atom is -0.384 e. The van der Waals surface area contributed by atoms with Crippen molar-refractivity contribution in [1.82, 2.24) is 5.32 Å². The van der Waals surface area contributed by atoms with Gasteiger partial charge in [0.15, 0.2) is 0 Å². The van der Waals surface area contributed by atoms with E-state index in [1.807, 2.05) is 12.1 Å². The lowest BCUT2D eigenvalue weighted by atomic mass is 9.81. The quantitative estimate of drug-likeness (QED) is 0.873. The van der Waals surface area contributed by atoms with Gasteiger partial charge in [0.05, 0.1) is 0 Å². The first kappa shape index (κ1) is 13.9. The van der Waals surface area contributed by atoms with Crippen LogP contribution in [0, 0.1) is 11.3 Å². The molecule has 0 saturated carbocycles.